The van der Waals surface area contributed by atoms with E-state index >= 15 is 0 Å². The molecule has 0 radical (unpaired) electrons. The lowest BCUT2D eigenvalue weighted by Gasteiger charge is -2.06. The summed E-state index contributed by atoms with van der Waals surface area (Å²) in [6.07, 6.45) is 0. The van der Waals surface area contributed by atoms with Gasteiger partial charge >= 0.3 is 0 Å². The fourth-order valence-corrected chi connectivity index (χ4v) is 2.22. The van der Waals surface area contributed by atoms with E-state index in [2.05, 4.69) is 57.2 Å². The Labute approximate surface area is 101 Å². The van der Waals surface area contributed by atoms with Gasteiger partial charge in [0.1, 0.15) is 0 Å². The third-order valence-corrected chi connectivity index (χ3v) is 3.38. The van der Waals surface area contributed by atoms with E-state index in [9.17, 15) is 0 Å². The van der Waals surface area contributed by atoms with Gasteiger partial charge < -0.3 is 0 Å². The molecule has 0 N–H and O–H groups in total. The fraction of sp³-hybridized carbons (Fsp3) is 0.188. The Hall–Kier alpha value is -1.89. The molecular weight excluding hydrogens is 206 g/mol. The van der Waals surface area contributed by atoms with E-state index in [1.807, 2.05) is 0 Å². The third kappa shape index (κ3) is 1.68. The average Bonchev–Trinajstić information content (AvgIpc) is 2.28. The zero-order valence-corrected chi connectivity index (χ0v) is 10.4. The number of aryl methyl sites for hydroxylation is 3. The number of hydrogen-bond donors (Lipinski definition) is 0. The number of fused-ring (bicyclic) bond motifs is 2. The van der Waals surface area contributed by atoms with Gasteiger partial charge in [0.05, 0.1) is 11.0 Å². The van der Waals surface area contributed by atoms with Crippen molar-refractivity contribution >= 4 is 21.8 Å². The molecular formula is C16H15N. The van der Waals surface area contributed by atoms with Gasteiger partial charge in [0, 0.05) is 10.8 Å². The molecule has 0 aliphatic heterocycles. The summed E-state index contributed by atoms with van der Waals surface area (Å²) < 4.78 is 0. The first kappa shape index (κ1) is 10.3. The van der Waals surface area contributed by atoms with Crippen LogP contribution in [0.1, 0.15) is 16.7 Å². The maximum atomic E-state index is 4.72. The van der Waals surface area contributed by atoms with Crippen LogP contribution in [0.15, 0.2) is 36.4 Å². The SMILES string of the molecule is Cc1ccc2nc3cc(C)c(C)cc3cc2c1. The summed E-state index contributed by atoms with van der Waals surface area (Å²) >= 11 is 0. The quantitative estimate of drug-likeness (QED) is 0.515. The number of hydrogen-bond acceptors (Lipinski definition) is 1. The Morgan fingerprint density at radius 3 is 2.24 bits per heavy atom. The first-order valence-electron chi connectivity index (χ1n) is 5.92. The van der Waals surface area contributed by atoms with Crippen LogP contribution >= 0.6 is 0 Å². The fourth-order valence-electron chi connectivity index (χ4n) is 2.22. The molecule has 0 spiro atoms. The molecule has 1 heterocycles. The van der Waals surface area contributed by atoms with Crippen molar-refractivity contribution in [1.29, 1.82) is 0 Å². The van der Waals surface area contributed by atoms with Crippen molar-refractivity contribution < 1.29 is 0 Å². The molecule has 0 fully saturated rings. The lowest BCUT2D eigenvalue weighted by molar-refractivity contribution is 1.35. The van der Waals surface area contributed by atoms with Gasteiger partial charge in [-0.15, -0.1) is 0 Å². The van der Waals surface area contributed by atoms with Crippen molar-refractivity contribution in [3.8, 4) is 0 Å². The lowest BCUT2D eigenvalue weighted by Crippen LogP contribution is -1.87. The number of pyridine rings is 1. The number of benzene rings is 2. The van der Waals surface area contributed by atoms with E-state index < -0.39 is 0 Å². The van der Waals surface area contributed by atoms with Crippen molar-refractivity contribution in [2.75, 3.05) is 0 Å². The maximum Gasteiger partial charge on any atom is 0.0712 e. The average molecular weight is 221 g/mol. The Balaban J connectivity index is 2.43. The zero-order chi connectivity index (χ0) is 12.0. The van der Waals surface area contributed by atoms with Crippen LogP contribution in [-0.4, -0.2) is 4.98 Å². The molecule has 3 rings (SSSR count). The summed E-state index contributed by atoms with van der Waals surface area (Å²) in [6, 6.07) is 13.0. The molecule has 0 unspecified atom stereocenters. The molecule has 0 saturated carbocycles. The van der Waals surface area contributed by atoms with Crippen LogP contribution in [0.25, 0.3) is 21.8 Å². The van der Waals surface area contributed by atoms with Crippen LogP contribution in [0, 0.1) is 20.8 Å². The molecule has 0 aliphatic rings. The Kier molecular flexibility index (Phi) is 2.15. The van der Waals surface area contributed by atoms with Crippen LogP contribution < -0.4 is 0 Å². The molecule has 0 aliphatic carbocycles. The van der Waals surface area contributed by atoms with E-state index in [4.69, 9.17) is 4.98 Å². The van der Waals surface area contributed by atoms with E-state index in [1.54, 1.807) is 0 Å². The number of aromatic nitrogens is 1. The van der Waals surface area contributed by atoms with E-state index in [0.29, 0.717) is 0 Å². The molecule has 0 saturated heterocycles. The molecule has 1 aromatic heterocycles. The molecule has 0 bridgehead atoms. The van der Waals surface area contributed by atoms with E-state index in [-0.39, 0.29) is 0 Å². The normalized spacial score (nSPS) is 11.2. The molecule has 0 atom stereocenters. The standard InChI is InChI=1S/C16H15N/c1-10-4-5-15-13(6-10)9-14-7-11(2)12(3)8-16(14)17-15/h4-9H,1-3H3. The van der Waals surface area contributed by atoms with Crippen molar-refractivity contribution in [3.63, 3.8) is 0 Å². The molecule has 17 heavy (non-hydrogen) atoms. The van der Waals surface area contributed by atoms with Gasteiger partial charge in [0.25, 0.3) is 0 Å². The minimum Gasteiger partial charge on any atom is -0.248 e. The summed E-state index contributed by atoms with van der Waals surface area (Å²) in [6.45, 7) is 6.40. The summed E-state index contributed by atoms with van der Waals surface area (Å²) in [5.74, 6) is 0. The summed E-state index contributed by atoms with van der Waals surface area (Å²) in [5.41, 5.74) is 6.07. The molecule has 2 aromatic carbocycles. The van der Waals surface area contributed by atoms with Gasteiger partial charge in [0.2, 0.25) is 0 Å². The molecule has 84 valence electrons. The van der Waals surface area contributed by atoms with Gasteiger partial charge in [-0.1, -0.05) is 11.6 Å². The van der Waals surface area contributed by atoms with Crippen LogP contribution in [0.4, 0.5) is 0 Å². The number of rotatable bonds is 0. The van der Waals surface area contributed by atoms with Crippen LogP contribution in [0.3, 0.4) is 0 Å². The molecule has 1 heteroatoms. The van der Waals surface area contributed by atoms with Crippen molar-refractivity contribution in [1.82, 2.24) is 4.98 Å². The second-order valence-corrected chi connectivity index (χ2v) is 4.81. The predicted octanol–water partition coefficient (Wildman–Crippen LogP) is 4.31. The highest BCUT2D eigenvalue weighted by Gasteiger charge is 2.02. The van der Waals surface area contributed by atoms with Crippen LogP contribution in [0.5, 0.6) is 0 Å². The third-order valence-electron chi connectivity index (χ3n) is 3.38. The second kappa shape index (κ2) is 3.56. The van der Waals surface area contributed by atoms with Crippen molar-refractivity contribution in [3.05, 3.63) is 53.1 Å². The summed E-state index contributed by atoms with van der Waals surface area (Å²) in [4.78, 5) is 4.72. The Bertz CT molecular complexity index is 726. The molecule has 3 aromatic rings. The minimum absolute atomic E-state index is 1.08. The monoisotopic (exact) mass is 221 g/mol. The molecule has 1 nitrogen and oxygen atoms in total. The highest BCUT2D eigenvalue weighted by Crippen LogP contribution is 2.23. The maximum absolute atomic E-state index is 4.72. The van der Waals surface area contributed by atoms with Crippen LogP contribution in [-0.2, 0) is 0 Å². The first-order chi connectivity index (χ1) is 8.13. The van der Waals surface area contributed by atoms with E-state index in [0.717, 1.165) is 11.0 Å². The van der Waals surface area contributed by atoms with Gasteiger partial charge in [-0.2, -0.15) is 0 Å². The summed E-state index contributed by atoms with van der Waals surface area (Å²) in [5, 5.41) is 2.45. The highest BCUT2D eigenvalue weighted by molar-refractivity contribution is 5.93. The van der Waals surface area contributed by atoms with Crippen LogP contribution in [0.2, 0.25) is 0 Å². The number of nitrogens with zero attached hydrogens (tertiary/aromatic N) is 1. The Morgan fingerprint density at radius 1 is 0.706 bits per heavy atom. The van der Waals surface area contributed by atoms with Gasteiger partial charge in [-0.3, -0.25) is 0 Å². The summed E-state index contributed by atoms with van der Waals surface area (Å²) in [7, 11) is 0. The smallest absolute Gasteiger partial charge is 0.0712 e. The topological polar surface area (TPSA) is 12.9 Å². The highest BCUT2D eigenvalue weighted by atomic mass is 14.7. The second-order valence-electron chi connectivity index (χ2n) is 4.81. The largest absolute Gasteiger partial charge is 0.248 e. The molecule has 0 amide bonds. The van der Waals surface area contributed by atoms with Crippen molar-refractivity contribution in [2.45, 2.75) is 20.8 Å². The van der Waals surface area contributed by atoms with Gasteiger partial charge in [0.15, 0.2) is 0 Å². The zero-order valence-electron chi connectivity index (χ0n) is 10.4. The van der Waals surface area contributed by atoms with Gasteiger partial charge in [-0.05, 0) is 62.2 Å². The van der Waals surface area contributed by atoms with Crippen molar-refractivity contribution in [2.24, 2.45) is 0 Å². The predicted molar refractivity (Wildman–Crippen MR) is 73.5 cm³/mol. The first-order valence-corrected chi connectivity index (χ1v) is 5.92. The lowest BCUT2D eigenvalue weighted by atomic mass is 10.0. The van der Waals surface area contributed by atoms with Gasteiger partial charge in [-0.25, -0.2) is 4.98 Å². The van der Waals surface area contributed by atoms with E-state index in [1.165, 1.54) is 27.5 Å². The minimum atomic E-state index is 1.08. The Morgan fingerprint density at radius 2 is 1.41 bits per heavy atom.